The Morgan fingerprint density at radius 3 is 2.68 bits per heavy atom. The van der Waals surface area contributed by atoms with Crippen molar-refractivity contribution in [1.29, 1.82) is 0 Å². The van der Waals surface area contributed by atoms with Crippen LogP contribution in [0.15, 0.2) is 59.5 Å². The van der Waals surface area contributed by atoms with E-state index in [1.807, 2.05) is 30.3 Å². The normalized spacial score (nSPS) is 12.2. The number of rotatable bonds is 4. The number of ether oxygens (including phenoxy) is 2. The number of aromatic nitrogens is 1. The molecule has 6 nitrogen and oxygen atoms in total. The van der Waals surface area contributed by atoms with Crippen molar-refractivity contribution in [2.24, 2.45) is 0 Å². The molecule has 0 saturated carbocycles. The zero-order chi connectivity index (χ0) is 17.2. The molecule has 2 aromatic carbocycles. The smallest absolute Gasteiger partial charge is 0.253 e. The Hall–Kier alpha value is -3.28. The number of hydrogen-bond acceptors (Lipinski definition) is 5. The molecule has 0 bridgehead atoms. The number of nitrogens with zero attached hydrogens (tertiary/aromatic N) is 2. The van der Waals surface area contributed by atoms with Gasteiger partial charge in [-0.25, -0.2) is 4.98 Å². The lowest BCUT2D eigenvalue weighted by atomic mass is 10.1. The maximum Gasteiger partial charge on any atom is 0.253 e. The van der Waals surface area contributed by atoms with Crippen molar-refractivity contribution >= 4 is 5.91 Å². The topological polar surface area (TPSA) is 64.8 Å². The highest BCUT2D eigenvalue weighted by Crippen LogP contribution is 2.32. The molecule has 1 aliphatic rings. The second kappa shape index (κ2) is 6.32. The number of oxazole rings is 1. The van der Waals surface area contributed by atoms with Crippen molar-refractivity contribution in [1.82, 2.24) is 9.88 Å². The first-order chi connectivity index (χ1) is 12.2. The Balaban J connectivity index is 1.46. The van der Waals surface area contributed by atoms with E-state index in [1.54, 1.807) is 30.3 Å². The summed E-state index contributed by atoms with van der Waals surface area (Å²) in [6.45, 7) is 0.727. The summed E-state index contributed by atoms with van der Waals surface area (Å²) >= 11 is 0. The van der Waals surface area contributed by atoms with Crippen LogP contribution in [0.25, 0.3) is 11.3 Å². The van der Waals surface area contributed by atoms with Crippen LogP contribution in [-0.2, 0) is 6.54 Å². The lowest BCUT2D eigenvalue weighted by molar-refractivity contribution is 0.0785. The van der Waals surface area contributed by atoms with Gasteiger partial charge in [0.05, 0.1) is 6.20 Å². The summed E-state index contributed by atoms with van der Waals surface area (Å²) in [6.07, 6.45) is 3.02. The number of fused-ring (bicyclic) bond motifs is 1. The minimum atomic E-state index is -0.0539. The van der Waals surface area contributed by atoms with Crippen LogP contribution >= 0.6 is 0 Å². The van der Waals surface area contributed by atoms with Crippen LogP contribution in [0.3, 0.4) is 0 Å². The van der Waals surface area contributed by atoms with Gasteiger partial charge in [-0.1, -0.05) is 18.2 Å². The van der Waals surface area contributed by atoms with E-state index < -0.39 is 0 Å². The minimum absolute atomic E-state index is 0.0539. The lowest BCUT2D eigenvalue weighted by Gasteiger charge is -2.17. The van der Waals surface area contributed by atoms with Crippen molar-refractivity contribution in [3.8, 4) is 22.8 Å². The molecule has 4 rings (SSSR count). The van der Waals surface area contributed by atoms with Crippen molar-refractivity contribution in [2.45, 2.75) is 6.54 Å². The van der Waals surface area contributed by atoms with Gasteiger partial charge in [0, 0.05) is 24.7 Å². The quantitative estimate of drug-likeness (QED) is 0.731. The maximum atomic E-state index is 12.6. The Morgan fingerprint density at radius 1 is 1.12 bits per heavy atom. The van der Waals surface area contributed by atoms with Crippen molar-refractivity contribution in [2.75, 3.05) is 13.8 Å². The Morgan fingerprint density at radius 2 is 1.92 bits per heavy atom. The number of benzene rings is 2. The van der Waals surface area contributed by atoms with Crippen LogP contribution in [0.5, 0.6) is 11.5 Å². The molecular weight excluding hydrogens is 320 g/mol. The van der Waals surface area contributed by atoms with Crippen LogP contribution < -0.4 is 9.47 Å². The van der Waals surface area contributed by atoms with E-state index in [9.17, 15) is 4.79 Å². The van der Waals surface area contributed by atoms with Crippen molar-refractivity contribution in [3.63, 3.8) is 0 Å². The average molecular weight is 336 g/mol. The number of amides is 1. The summed E-state index contributed by atoms with van der Waals surface area (Å²) in [4.78, 5) is 18.2. The Bertz CT molecular complexity index is 888. The third-order valence-corrected chi connectivity index (χ3v) is 4.05. The molecule has 0 atom stereocenters. The third-order valence-electron chi connectivity index (χ3n) is 4.05. The maximum absolute atomic E-state index is 12.6. The first kappa shape index (κ1) is 15.3. The number of hydrogen-bond donors (Lipinski definition) is 0. The molecule has 6 heteroatoms. The van der Waals surface area contributed by atoms with Gasteiger partial charge in [-0.05, 0) is 29.8 Å². The second-order valence-corrected chi connectivity index (χ2v) is 5.79. The molecule has 126 valence electrons. The van der Waals surface area contributed by atoms with Crippen LogP contribution in [0.4, 0.5) is 0 Å². The molecule has 0 saturated heterocycles. The minimum Gasteiger partial charge on any atom is -0.454 e. The molecule has 0 unspecified atom stereocenters. The molecule has 25 heavy (non-hydrogen) atoms. The van der Waals surface area contributed by atoms with E-state index >= 15 is 0 Å². The van der Waals surface area contributed by atoms with E-state index in [2.05, 4.69) is 4.98 Å². The second-order valence-electron chi connectivity index (χ2n) is 5.79. The summed E-state index contributed by atoms with van der Waals surface area (Å²) in [6, 6.07) is 13.0. The van der Waals surface area contributed by atoms with E-state index in [1.165, 1.54) is 6.39 Å². The van der Waals surface area contributed by atoms with Crippen molar-refractivity contribution in [3.05, 3.63) is 66.2 Å². The van der Waals surface area contributed by atoms with Gasteiger partial charge in [0.25, 0.3) is 5.91 Å². The zero-order valence-electron chi connectivity index (χ0n) is 13.6. The zero-order valence-corrected chi connectivity index (χ0v) is 13.6. The van der Waals surface area contributed by atoms with Crippen LogP contribution in [0, 0.1) is 0 Å². The van der Waals surface area contributed by atoms with Gasteiger partial charge in [-0.15, -0.1) is 0 Å². The van der Waals surface area contributed by atoms with E-state index in [0.717, 1.165) is 22.6 Å². The summed E-state index contributed by atoms with van der Waals surface area (Å²) < 4.78 is 15.9. The molecule has 2 heterocycles. The average Bonchev–Trinajstić information content (AvgIpc) is 3.32. The third kappa shape index (κ3) is 3.06. The largest absolute Gasteiger partial charge is 0.454 e. The molecule has 1 aliphatic heterocycles. The first-order valence-electron chi connectivity index (χ1n) is 7.83. The van der Waals surface area contributed by atoms with Crippen LogP contribution in [0.2, 0.25) is 0 Å². The lowest BCUT2D eigenvalue weighted by Crippen LogP contribution is -2.26. The Labute approximate surface area is 144 Å². The van der Waals surface area contributed by atoms with Gasteiger partial charge >= 0.3 is 0 Å². The highest BCUT2D eigenvalue weighted by atomic mass is 16.7. The van der Waals surface area contributed by atoms with Crippen molar-refractivity contribution < 1.29 is 18.7 Å². The van der Waals surface area contributed by atoms with Gasteiger partial charge < -0.3 is 18.8 Å². The SMILES string of the molecule is CN(Cc1ccc2c(c1)OCO2)C(=O)c1ccc(-c2cnco2)cc1. The standard InChI is InChI=1S/C19H16N2O4/c1-21(10-13-2-7-16-17(8-13)25-12-24-16)19(22)15-5-3-14(4-6-15)18-9-20-11-23-18/h2-9,11H,10,12H2,1H3. The van der Waals surface area contributed by atoms with Gasteiger partial charge in [0.2, 0.25) is 6.79 Å². The van der Waals surface area contributed by atoms with E-state index in [4.69, 9.17) is 13.9 Å². The number of carbonyl (C=O) groups excluding carboxylic acids is 1. The summed E-state index contributed by atoms with van der Waals surface area (Å²) in [5.41, 5.74) is 2.48. The number of carbonyl (C=O) groups is 1. The fourth-order valence-corrected chi connectivity index (χ4v) is 2.74. The van der Waals surface area contributed by atoms with Gasteiger partial charge in [0.15, 0.2) is 23.7 Å². The van der Waals surface area contributed by atoms with Crippen LogP contribution in [-0.4, -0.2) is 29.6 Å². The molecule has 0 fully saturated rings. The first-order valence-corrected chi connectivity index (χ1v) is 7.83. The molecule has 0 radical (unpaired) electrons. The molecule has 1 amide bonds. The highest BCUT2D eigenvalue weighted by molar-refractivity contribution is 5.94. The summed E-state index contributed by atoms with van der Waals surface area (Å²) in [5.74, 6) is 2.07. The van der Waals surface area contributed by atoms with Gasteiger partial charge in [0.1, 0.15) is 0 Å². The van der Waals surface area contributed by atoms with Gasteiger partial charge in [-0.3, -0.25) is 4.79 Å². The highest BCUT2D eigenvalue weighted by Gasteiger charge is 2.16. The molecule has 3 aromatic rings. The molecule has 0 aliphatic carbocycles. The predicted octanol–water partition coefficient (Wildman–Crippen LogP) is 3.34. The van der Waals surface area contributed by atoms with Gasteiger partial charge in [-0.2, -0.15) is 0 Å². The predicted molar refractivity (Wildman–Crippen MR) is 90.3 cm³/mol. The molecular formula is C19H16N2O4. The fraction of sp³-hybridized carbons (Fsp3) is 0.158. The molecule has 0 spiro atoms. The fourth-order valence-electron chi connectivity index (χ4n) is 2.74. The monoisotopic (exact) mass is 336 g/mol. The van der Waals surface area contributed by atoms with E-state index in [0.29, 0.717) is 17.9 Å². The molecule has 0 N–H and O–H groups in total. The summed E-state index contributed by atoms with van der Waals surface area (Å²) in [5, 5.41) is 0. The molecule has 1 aromatic heterocycles. The summed E-state index contributed by atoms with van der Waals surface area (Å²) in [7, 11) is 1.78. The van der Waals surface area contributed by atoms with Crippen LogP contribution in [0.1, 0.15) is 15.9 Å². The Kier molecular flexibility index (Phi) is 3.85. The van der Waals surface area contributed by atoms with E-state index in [-0.39, 0.29) is 12.7 Å².